The number of hydrogen-bond acceptors (Lipinski definition) is 3. The Morgan fingerprint density at radius 3 is 2.39 bits per heavy atom. The van der Waals surface area contributed by atoms with E-state index in [-0.39, 0.29) is 5.91 Å². The number of piperazine rings is 1. The summed E-state index contributed by atoms with van der Waals surface area (Å²) in [7, 11) is 2.15. The zero-order valence-corrected chi connectivity index (χ0v) is 15.5. The van der Waals surface area contributed by atoms with Crippen molar-refractivity contribution >= 4 is 29.1 Å². The molecule has 0 radical (unpaired) electrons. The van der Waals surface area contributed by atoms with E-state index in [0.29, 0.717) is 34.1 Å². The summed E-state index contributed by atoms with van der Waals surface area (Å²) in [6.07, 6.45) is 0. The van der Waals surface area contributed by atoms with Gasteiger partial charge in [0.25, 0.3) is 5.91 Å². The fourth-order valence-electron chi connectivity index (χ4n) is 2.88. The van der Waals surface area contributed by atoms with Crippen molar-refractivity contribution in [3.05, 3.63) is 33.8 Å². The van der Waals surface area contributed by atoms with Gasteiger partial charge in [0.05, 0.1) is 10.0 Å². The number of amides is 1. The molecule has 0 bridgehead atoms. The lowest BCUT2D eigenvalue weighted by molar-refractivity contribution is 0.0791. The third-order valence-electron chi connectivity index (χ3n) is 4.43. The summed E-state index contributed by atoms with van der Waals surface area (Å²) < 4.78 is 0. The van der Waals surface area contributed by atoms with Gasteiger partial charge in [0.2, 0.25) is 0 Å². The Morgan fingerprint density at radius 2 is 1.83 bits per heavy atom. The average Bonchev–Trinajstić information content (AvgIpc) is 2.51. The van der Waals surface area contributed by atoms with E-state index in [4.69, 9.17) is 23.2 Å². The van der Waals surface area contributed by atoms with E-state index in [1.54, 1.807) is 18.2 Å². The highest BCUT2D eigenvalue weighted by molar-refractivity contribution is 6.42. The average molecular weight is 358 g/mol. The highest BCUT2D eigenvalue weighted by atomic mass is 35.5. The van der Waals surface area contributed by atoms with Crippen LogP contribution >= 0.6 is 23.2 Å². The monoisotopic (exact) mass is 357 g/mol. The van der Waals surface area contributed by atoms with Crippen molar-refractivity contribution in [3.63, 3.8) is 0 Å². The minimum absolute atomic E-state index is 0.108. The molecule has 0 aromatic heterocycles. The largest absolute Gasteiger partial charge is 0.350 e. The molecule has 0 aliphatic carbocycles. The number of likely N-dealkylation sites (N-methyl/N-ethyl adjacent to an activating group) is 1. The molecule has 1 atom stereocenters. The van der Waals surface area contributed by atoms with E-state index in [2.05, 4.69) is 36.0 Å². The molecule has 4 nitrogen and oxygen atoms in total. The number of nitrogens with zero attached hydrogens (tertiary/aromatic N) is 2. The van der Waals surface area contributed by atoms with Crippen molar-refractivity contribution < 1.29 is 4.79 Å². The number of rotatable bonds is 5. The molecule has 6 heteroatoms. The Labute approximate surface area is 148 Å². The van der Waals surface area contributed by atoms with Crippen LogP contribution in [0.1, 0.15) is 24.2 Å². The lowest BCUT2D eigenvalue weighted by atomic mass is 10.0. The molecule has 23 heavy (non-hydrogen) atoms. The molecule has 1 amide bonds. The topological polar surface area (TPSA) is 35.6 Å². The molecule has 1 aliphatic heterocycles. The number of benzene rings is 1. The molecular formula is C17H25Cl2N3O. The number of nitrogens with one attached hydrogen (secondary N) is 1. The first-order chi connectivity index (χ1) is 10.9. The normalized spacial score (nSPS) is 18.2. The van der Waals surface area contributed by atoms with Gasteiger partial charge in [0.1, 0.15) is 0 Å². The summed E-state index contributed by atoms with van der Waals surface area (Å²) in [4.78, 5) is 17.1. The Hall–Kier alpha value is -0.810. The molecule has 1 fully saturated rings. The van der Waals surface area contributed by atoms with Gasteiger partial charge in [0.15, 0.2) is 0 Å². The van der Waals surface area contributed by atoms with Crippen LogP contribution in [0.4, 0.5) is 0 Å². The van der Waals surface area contributed by atoms with Crippen LogP contribution in [0.5, 0.6) is 0 Å². The third-order valence-corrected chi connectivity index (χ3v) is 5.17. The minimum atomic E-state index is -0.108. The summed E-state index contributed by atoms with van der Waals surface area (Å²) in [5.74, 6) is 0.371. The summed E-state index contributed by atoms with van der Waals surface area (Å²) in [5.41, 5.74) is 0.542. The predicted molar refractivity (Wildman–Crippen MR) is 96.5 cm³/mol. The highest BCUT2D eigenvalue weighted by Crippen LogP contribution is 2.22. The Bertz CT molecular complexity index is 543. The maximum atomic E-state index is 12.3. The van der Waals surface area contributed by atoms with Crippen LogP contribution in [0.15, 0.2) is 18.2 Å². The lowest BCUT2D eigenvalue weighted by Gasteiger charge is -2.39. The quantitative estimate of drug-likeness (QED) is 0.879. The summed E-state index contributed by atoms with van der Waals surface area (Å²) in [6, 6.07) is 5.30. The standard InChI is InChI=1S/C17H25Cl2N3O/c1-12(2)16(22-8-6-21(3)7-9-22)11-20-17(23)13-4-5-14(18)15(19)10-13/h4-5,10,12,16H,6-9,11H2,1-3H3,(H,20,23). The zero-order valence-electron chi connectivity index (χ0n) is 14.0. The first-order valence-electron chi connectivity index (χ1n) is 8.04. The number of carbonyl (C=O) groups excluding carboxylic acids is 1. The van der Waals surface area contributed by atoms with Gasteiger partial charge in [-0.1, -0.05) is 37.0 Å². The molecule has 1 aliphatic rings. The van der Waals surface area contributed by atoms with Gasteiger partial charge in [-0.05, 0) is 31.2 Å². The van der Waals surface area contributed by atoms with Crippen molar-refractivity contribution in [3.8, 4) is 0 Å². The molecule has 128 valence electrons. The van der Waals surface area contributed by atoms with Gasteiger partial charge in [-0.15, -0.1) is 0 Å². The summed E-state index contributed by atoms with van der Waals surface area (Å²) in [5, 5.41) is 3.90. The fraction of sp³-hybridized carbons (Fsp3) is 0.588. The maximum Gasteiger partial charge on any atom is 0.251 e. The second-order valence-electron chi connectivity index (χ2n) is 6.49. The lowest BCUT2D eigenvalue weighted by Crippen LogP contribution is -2.54. The molecule has 1 aromatic rings. The van der Waals surface area contributed by atoms with E-state index in [0.717, 1.165) is 26.2 Å². The van der Waals surface area contributed by atoms with Crippen molar-refractivity contribution in [1.82, 2.24) is 15.1 Å². The zero-order chi connectivity index (χ0) is 17.0. The van der Waals surface area contributed by atoms with Crippen LogP contribution in [-0.2, 0) is 0 Å². The van der Waals surface area contributed by atoms with Crippen LogP contribution in [0.2, 0.25) is 10.0 Å². The Kier molecular flexibility index (Phi) is 6.72. The molecule has 1 heterocycles. The summed E-state index contributed by atoms with van der Waals surface area (Å²) >= 11 is 11.9. The van der Waals surface area contributed by atoms with Gasteiger partial charge in [-0.2, -0.15) is 0 Å². The van der Waals surface area contributed by atoms with Crippen molar-refractivity contribution in [2.24, 2.45) is 5.92 Å². The second kappa shape index (κ2) is 8.34. The molecule has 1 unspecified atom stereocenters. The van der Waals surface area contributed by atoms with Gasteiger partial charge in [0, 0.05) is 44.3 Å². The molecular weight excluding hydrogens is 333 g/mol. The Morgan fingerprint density at radius 1 is 1.17 bits per heavy atom. The van der Waals surface area contributed by atoms with Gasteiger partial charge >= 0.3 is 0 Å². The van der Waals surface area contributed by atoms with E-state index in [1.807, 2.05) is 0 Å². The third kappa shape index (κ3) is 5.08. The van der Waals surface area contributed by atoms with Crippen LogP contribution in [0, 0.1) is 5.92 Å². The molecule has 1 N–H and O–H groups in total. The SMILES string of the molecule is CC(C)C(CNC(=O)c1ccc(Cl)c(Cl)c1)N1CCN(C)CC1. The molecule has 0 saturated carbocycles. The smallest absolute Gasteiger partial charge is 0.251 e. The summed E-state index contributed by atoms with van der Waals surface area (Å²) in [6.45, 7) is 9.28. The number of hydrogen-bond donors (Lipinski definition) is 1. The maximum absolute atomic E-state index is 12.3. The van der Waals surface area contributed by atoms with Crippen LogP contribution in [-0.4, -0.2) is 61.5 Å². The number of halogens is 2. The van der Waals surface area contributed by atoms with E-state index in [9.17, 15) is 4.79 Å². The van der Waals surface area contributed by atoms with Gasteiger partial charge < -0.3 is 10.2 Å². The highest BCUT2D eigenvalue weighted by Gasteiger charge is 2.25. The second-order valence-corrected chi connectivity index (χ2v) is 7.30. The van der Waals surface area contributed by atoms with E-state index >= 15 is 0 Å². The Balaban J connectivity index is 1.95. The minimum Gasteiger partial charge on any atom is -0.350 e. The molecule has 1 aromatic carbocycles. The van der Waals surface area contributed by atoms with Crippen molar-refractivity contribution in [2.45, 2.75) is 19.9 Å². The van der Waals surface area contributed by atoms with E-state index in [1.165, 1.54) is 0 Å². The molecule has 1 saturated heterocycles. The van der Waals surface area contributed by atoms with Crippen LogP contribution in [0.3, 0.4) is 0 Å². The van der Waals surface area contributed by atoms with E-state index < -0.39 is 0 Å². The van der Waals surface area contributed by atoms with Crippen LogP contribution < -0.4 is 5.32 Å². The van der Waals surface area contributed by atoms with Gasteiger partial charge in [-0.25, -0.2) is 0 Å². The predicted octanol–water partition coefficient (Wildman–Crippen LogP) is 3.00. The first-order valence-corrected chi connectivity index (χ1v) is 8.80. The number of carbonyl (C=O) groups is 1. The van der Waals surface area contributed by atoms with Gasteiger partial charge in [-0.3, -0.25) is 9.69 Å². The molecule has 2 rings (SSSR count). The van der Waals surface area contributed by atoms with Crippen LogP contribution in [0.25, 0.3) is 0 Å². The van der Waals surface area contributed by atoms with Crippen molar-refractivity contribution in [2.75, 3.05) is 39.8 Å². The van der Waals surface area contributed by atoms with Crippen molar-refractivity contribution in [1.29, 1.82) is 0 Å². The molecule has 0 spiro atoms. The first kappa shape index (κ1) is 18.5. The fourth-order valence-corrected chi connectivity index (χ4v) is 3.17.